The van der Waals surface area contributed by atoms with Gasteiger partial charge in [-0.15, -0.1) is 13.2 Å². The van der Waals surface area contributed by atoms with E-state index in [0.717, 1.165) is 0 Å². The molecule has 5 heteroatoms. The van der Waals surface area contributed by atoms with Crippen LogP contribution in [0.5, 0.6) is 0 Å². The van der Waals surface area contributed by atoms with Crippen molar-refractivity contribution in [3.05, 3.63) is 25.3 Å². The quantitative estimate of drug-likeness (QED) is 0.424. The van der Waals surface area contributed by atoms with Gasteiger partial charge in [0, 0.05) is 13.1 Å². The molecule has 0 aliphatic carbocycles. The van der Waals surface area contributed by atoms with Gasteiger partial charge in [-0.1, -0.05) is 35.5 Å². The third-order valence-corrected chi connectivity index (χ3v) is 2.30. The van der Waals surface area contributed by atoms with Crippen LogP contribution in [0.25, 0.3) is 0 Å². The topological polar surface area (TPSA) is 32.7 Å². The van der Waals surface area contributed by atoms with Gasteiger partial charge in [0.15, 0.2) is 4.50 Å². The summed E-state index contributed by atoms with van der Waals surface area (Å²) in [4.78, 5) is 16.6. The standard InChI is InChI=1S/C9H13ClN2OS/c1-4-6-12(7-5-2)9(13)11-8(10)14-3/h4-5H,1-2,6-7H2,3H3/b11-8+. The second-order valence-electron chi connectivity index (χ2n) is 2.33. The molecular formula is C9H13ClN2OS. The van der Waals surface area contributed by atoms with Gasteiger partial charge in [0.1, 0.15) is 0 Å². The largest absolute Gasteiger partial charge is 0.346 e. The summed E-state index contributed by atoms with van der Waals surface area (Å²) in [5.74, 6) is 0. The minimum absolute atomic E-state index is 0.230. The first kappa shape index (κ1) is 13.3. The zero-order chi connectivity index (χ0) is 11.0. The average Bonchev–Trinajstić information content (AvgIpc) is 2.17. The van der Waals surface area contributed by atoms with Gasteiger partial charge in [-0.25, -0.2) is 4.79 Å². The van der Waals surface area contributed by atoms with Crippen LogP contribution in [-0.2, 0) is 0 Å². The van der Waals surface area contributed by atoms with E-state index >= 15 is 0 Å². The van der Waals surface area contributed by atoms with E-state index in [9.17, 15) is 4.79 Å². The van der Waals surface area contributed by atoms with E-state index in [-0.39, 0.29) is 10.5 Å². The van der Waals surface area contributed by atoms with E-state index in [0.29, 0.717) is 13.1 Å². The van der Waals surface area contributed by atoms with Crippen molar-refractivity contribution in [3.8, 4) is 0 Å². The molecule has 0 heterocycles. The molecule has 0 saturated carbocycles. The number of carbonyl (C=O) groups is 1. The minimum atomic E-state index is -0.371. The molecule has 0 saturated heterocycles. The molecule has 0 aliphatic heterocycles. The summed E-state index contributed by atoms with van der Waals surface area (Å²) in [7, 11) is 0. The Kier molecular flexibility index (Phi) is 7.24. The zero-order valence-electron chi connectivity index (χ0n) is 8.07. The zero-order valence-corrected chi connectivity index (χ0v) is 9.64. The lowest BCUT2D eigenvalue weighted by Crippen LogP contribution is -2.28. The average molecular weight is 233 g/mol. The highest BCUT2D eigenvalue weighted by atomic mass is 35.5. The summed E-state index contributed by atoms with van der Waals surface area (Å²) in [5, 5.41) is 0. The molecule has 2 amide bonds. The molecular weight excluding hydrogens is 220 g/mol. The molecule has 0 aromatic carbocycles. The molecule has 0 radical (unpaired) electrons. The lowest BCUT2D eigenvalue weighted by atomic mass is 10.5. The maximum atomic E-state index is 11.4. The molecule has 0 aromatic rings. The Hall–Kier alpha value is -0.740. The Bertz CT molecular complexity index is 243. The maximum Gasteiger partial charge on any atom is 0.346 e. The molecule has 0 atom stereocenters. The van der Waals surface area contributed by atoms with E-state index < -0.39 is 0 Å². The molecule has 0 fully saturated rings. The predicted octanol–water partition coefficient (Wildman–Crippen LogP) is 2.74. The van der Waals surface area contributed by atoms with Crippen LogP contribution in [0, 0.1) is 0 Å². The van der Waals surface area contributed by atoms with Gasteiger partial charge in [0.05, 0.1) is 0 Å². The molecule has 0 N–H and O–H groups in total. The van der Waals surface area contributed by atoms with Gasteiger partial charge >= 0.3 is 6.03 Å². The fraction of sp³-hybridized carbons (Fsp3) is 0.333. The predicted molar refractivity (Wildman–Crippen MR) is 64.2 cm³/mol. The third kappa shape index (κ3) is 5.09. The van der Waals surface area contributed by atoms with Crippen molar-refractivity contribution >= 4 is 33.9 Å². The number of thioether (sulfide) groups is 1. The van der Waals surface area contributed by atoms with Crippen molar-refractivity contribution in [2.45, 2.75) is 0 Å². The van der Waals surface area contributed by atoms with Gasteiger partial charge in [0.25, 0.3) is 0 Å². The highest BCUT2D eigenvalue weighted by molar-refractivity contribution is 8.16. The molecule has 0 unspecified atom stereocenters. The monoisotopic (exact) mass is 232 g/mol. The summed E-state index contributed by atoms with van der Waals surface area (Å²) < 4.78 is 0.230. The normalized spacial score (nSPS) is 10.9. The van der Waals surface area contributed by atoms with Crippen LogP contribution in [0.2, 0.25) is 0 Å². The molecule has 0 spiro atoms. The minimum Gasteiger partial charge on any atom is -0.315 e. The van der Waals surface area contributed by atoms with Crippen molar-refractivity contribution in [3.63, 3.8) is 0 Å². The van der Waals surface area contributed by atoms with Crippen molar-refractivity contribution in [1.29, 1.82) is 0 Å². The number of hydrogen-bond donors (Lipinski definition) is 0. The molecule has 0 aliphatic rings. The smallest absolute Gasteiger partial charge is 0.315 e. The lowest BCUT2D eigenvalue weighted by Gasteiger charge is -2.15. The maximum absolute atomic E-state index is 11.4. The van der Waals surface area contributed by atoms with Crippen molar-refractivity contribution in [2.75, 3.05) is 19.3 Å². The van der Waals surface area contributed by atoms with E-state index in [1.54, 1.807) is 18.4 Å². The third-order valence-electron chi connectivity index (χ3n) is 1.32. The number of urea groups is 1. The number of nitrogens with zero attached hydrogens (tertiary/aromatic N) is 2. The van der Waals surface area contributed by atoms with Gasteiger partial charge in [-0.3, -0.25) is 0 Å². The highest BCUT2D eigenvalue weighted by Crippen LogP contribution is 2.05. The van der Waals surface area contributed by atoms with Crippen molar-refractivity contribution < 1.29 is 4.79 Å². The first-order chi connectivity index (χ1) is 6.65. The first-order valence-corrected chi connectivity index (χ1v) is 5.54. The Morgan fingerprint density at radius 3 is 2.36 bits per heavy atom. The Morgan fingerprint density at radius 1 is 1.50 bits per heavy atom. The number of halogens is 1. The lowest BCUT2D eigenvalue weighted by molar-refractivity contribution is 0.218. The molecule has 0 aromatic heterocycles. The SMILES string of the molecule is C=CCN(CC=C)C(=O)/N=C(\Cl)SC. The fourth-order valence-corrected chi connectivity index (χ4v) is 0.976. The Morgan fingerprint density at radius 2 is 2.00 bits per heavy atom. The molecule has 0 rings (SSSR count). The molecule has 14 heavy (non-hydrogen) atoms. The van der Waals surface area contributed by atoms with E-state index in [1.165, 1.54) is 16.7 Å². The Balaban J connectivity index is 4.41. The van der Waals surface area contributed by atoms with Gasteiger partial charge in [-0.05, 0) is 6.26 Å². The number of carbonyl (C=O) groups excluding carboxylic acids is 1. The fourth-order valence-electron chi connectivity index (χ4n) is 0.734. The van der Waals surface area contributed by atoms with Gasteiger partial charge in [-0.2, -0.15) is 4.99 Å². The second kappa shape index (κ2) is 7.64. The van der Waals surface area contributed by atoms with Gasteiger partial charge in [0.2, 0.25) is 0 Å². The highest BCUT2D eigenvalue weighted by Gasteiger charge is 2.09. The summed E-state index contributed by atoms with van der Waals surface area (Å²) in [6, 6.07) is -0.371. The van der Waals surface area contributed by atoms with E-state index in [2.05, 4.69) is 18.2 Å². The van der Waals surface area contributed by atoms with Crippen LogP contribution in [-0.4, -0.2) is 34.8 Å². The van der Waals surface area contributed by atoms with Crippen LogP contribution >= 0.6 is 23.4 Å². The van der Waals surface area contributed by atoms with Crippen molar-refractivity contribution in [1.82, 2.24) is 4.90 Å². The van der Waals surface area contributed by atoms with Crippen LogP contribution in [0.3, 0.4) is 0 Å². The van der Waals surface area contributed by atoms with Gasteiger partial charge < -0.3 is 4.90 Å². The van der Waals surface area contributed by atoms with Crippen LogP contribution in [0.4, 0.5) is 4.79 Å². The van der Waals surface area contributed by atoms with Crippen LogP contribution in [0.15, 0.2) is 30.3 Å². The van der Waals surface area contributed by atoms with Crippen LogP contribution < -0.4 is 0 Å². The molecule has 78 valence electrons. The second-order valence-corrected chi connectivity index (χ2v) is 3.71. The van der Waals surface area contributed by atoms with Crippen LogP contribution in [0.1, 0.15) is 0 Å². The number of rotatable bonds is 4. The summed E-state index contributed by atoms with van der Waals surface area (Å²) in [5.41, 5.74) is 0. The Labute approximate surface area is 93.5 Å². The summed E-state index contributed by atoms with van der Waals surface area (Å²) >= 11 is 6.84. The van der Waals surface area contributed by atoms with Crippen molar-refractivity contribution in [2.24, 2.45) is 4.99 Å². The van der Waals surface area contributed by atoms with E-state index in [1.807, 2.05) is 0 Å². The number of hydrogen-bond acceptors (Lipinski definition) is 2. The number of aliphatic imine (C=N–C) groups is 1. The number of amides is 2. The first-order valence-electron chi connectivity index (χ1n) is 3.94. The van der Waals surface area contributed by atoms with E-state index in [4.69, 9.17) is 11.6 Å². The molecule has 3 nitrogen and oxygen atoms in total. The molecule has 0 bridgehead atoms. The summed E-state index contributed by atoms with van der Waals surface area (Å²) in [6.45, 7) is 7.97. The summed E-state index contributed by atoms with van der Waals surface area (Å²) in [6.07, 6.45) is 5.01.